The van der Waals surface area contributed by atoms with Crippen LogP contribution in [-0.2, 0) is 4.74 Å². The molecule has 0 bridgehead atoms. The third-order valence-electron chi connectivity index (χ3n) is 5.59. The molecule has 4 aromatic rings. The lowest BCUT2D eigenvalue weighted by Gasteiger charge is -2.14. The van der Waals surface area contributed by atoms with Gasteiger partial charge in [0.25, 0.3) is 0 Å². The van der Waals surface area contributed by atoms with Crippen LogP contribution in [0.3, 0.4) is 0 Å². The standard InChI is InChI=1S/C26H23F4N3O4/c1-15-10-16(4-6-19(15)25(34)36-3)22-13-32-24-21(31-9-8-26(28,29)30)12-18(14-33(22)24)37-17-5-7-23(35-2)20(27)11-17/h4-7,10-14,31H,8-9H2,1-3H3. The van der Waals surface area contributed by atoms with Crippen LogP contribution < -0.4 is 14.8 Å². The summed E-state index contributed by atoms with van der Waals surface area (Å²) >= 11 is 0. The molecule has 1 N–H and O–H groups in total. The van der Waals surface area contributed by atoms with E-state index in [0.29, 0.717) is 33.7 Å². The molecule has 2 heterocycles. The maximum atomic E-state index is 14.2. The van der Waals surface area contributed by atoms with E-state index in [1.807, 2.05) is 0 Å². The number of esters is 1. The lowest BCUT2D eigenvalue weighted by molar-refractivity contribution is -0.131. The van der Waals surface area contributed by atoms with Crippen LogP contribution in [0.15, 0.2) is 54.9 Å². The molecule has 0 spiro atoms. The van der Waals surface area contributed by atoms with Crippen molar-refractivity contribution in [3.63, 3.8) is 0 Å². The van der Waals surface area contributed by atoms with E-state index in [9.17, 15) is 22.4 Å². The minimum atomic E-state index is -4.34. The molecule has 0 amide bonds. The monoisotopic (exact) mass is 517 g/mol. The van der Waals surface area contributed by atoms with Gasteiger partial charge in [0.2, 0.25) is 0 Å². The van der Waals surface area contributed by atoms with E-state index in [4.69, 9.17) is 14.2 Å². The van der Waals surface area contributed by atoms with Crippen molar-refractivity contribution in [2.75, 3.05) is 26.1 Å². The Balaban J connectivity index is 1.76. The molecule has 0 unspecified atom stereocenters. The number of anilines is 1. The zero-order valence-corrected chi connectivity index (χ0v) is 20.1. The Morgan fingerprint density at radius 1 is 1.08 bits per heavy atom. The normalized spacial score (nSPS) is 11.4. The number of carbonyl (C=O) groups is 1. The highest BCUT2D eigenvalue weighted by Gasteiger charge is 2.26. The van der Waals surface area contributed by atoms with Crippen molar-refractivity contribution >= 4 is 17.3 Å². The number of aromatic nitrogens is 2. The molecule has 0 aliphatic rings. The number of nitrogens with one attached hydrogen (secondary N) is 1. The number of alkyl halides is 3. The van der Waals surface area contributed by atoms with Crippen LogP contribution in [0.4, 0.5) is 23.2 Å². The number of carbonyl (C=O) groups excluding carboxylic acids is 1. The summed E-state index contributed by atoms with van der Waals surface area (Å²) in [6.45, 7) is 1.38. The first-order valence-electron chi connectivity index (χ1n) is 11.1. The summed E-state index contributed by atoms with van der Waals surface area (Å²) in [5.74, 6) is -0.664. The van der Waals surface area contributed by atoms with Crippen molar-refractivity contribution in [2.24, 2.45) is 0 Å². The molecular weight excluding hydrogens is 494 g/mol. The fourth-order valence-electron chi connectivity index (χ4n) is 3.81. The summed E-state index contributed by atoms with van der Waals surface area (Å²) in [7, 11) is 2.63. The average Bonchev–Trinajstić information content (AvgIpc) is 3.27. The zero-order valence-electron chi connectivity index (χ0n) is 20.1. The van der Waals surface area contributed by atoms with Gasteiger partial charge in [-0.2, -0.15) is 13.2 Å². The molecule has 2 aromatic carbocycles. The second kappa shape index (κ2) is 10.4. The number of benzene rings is 2. The van der Waals surface area contributed by atoms with Crippen LogP contribution in [-0.4, -0.2) is 42.3 Å². The summed E-state index contributed by atoms with van der Waals surface area (Å²) < 4.78 is 69.6. The van der Waals surface area contributed by atoms with Crippen molar-refractivity contribution in [2.45, 2.75) is 19.5 Å². The lowest BCUT2D eigenvalue weighted by Crippen LogP contribution is -2.15. The van der Waals surface area contributed by atoms with Crippen molar-refractivity contribution < 1.29 is 36.6 Å². The molecular formula is C26H23F4N3O4. The number of imidazole rings is 1. The van der Waals surface area contributed by atoms with Crippen molar-refractivity contribution in [1.29, 1.82) is 0 Å². The Bertz CT molecular complexity index is 1450. The van der Waals surface area contributed by atoms with Crippen LogP contribution in [0.2, 0.25) is 0 Å². The van der Waals surface area contributed by atoms with Gasteiger partial charge in [0.05, 0.1) is 50.0 Å². The van der Waals surface area contributed by atoms with E-state index in [2.05, 4.69) is 10.3 Å². The predicted molar refractivity (Wildman–Crippen MR) is 129 cm³/mol. The van der Waals surface area contributed by atoms with Crippen LogP contribution >= 0.6 is 0 Å². The van der Waals surface area contributed by atoms with Gasteiger partial charge in [0.15, 0.2) is 17.2 Å². The first-order chi connectivity index (χ1) is 17.6. The Hall–Kier alpha value is -4.28. The Kier molecular flexibility index (Phi) is 7.23. The zero-order chi connectivity index (χ0) is 26.7. The van der Waals surface area contributed by atoms with Crippen molar-refractivity contribution in [3.8, 4) is 28.5 Å². The second-order valence-electron chi connectivity index (χ2n) is 8.14. The molecule has 4 rings (SSSR count). The number of halogens is 4. The van der Waals surface area contributed by atoms with Gasteiger partial charge < -0.3 is 19.5 Å². The van der Waals surface area contributed by atoms with E-state index < -0.39 is 24.4 Å². The number of nitrogens with zero attached hydrogens (tertiary/aromatic N) is 2. The van der Waals surface area contributed by atoms with Gasteiger partial charge in [0.1, 0.15) is 11.5 Å². The SMILES string of the molecule is COC(=O)c1ccc(-c2cnc3c(NCCC(F)(F)F)cc(Oc4ccc(OC)c(F)c4)cn23)cc1C. The maximum absolute atomic E-state index is 14.2. The second-order valence-corrected chi connectivity index (χ2v) is 8.14. The number of rotatable bonds is 8. The van der Waals surface area contributed by atoms with E-state index in [0.717, 1.165) is 6.07 Å². The number of hydrogen-bond donors (Lipinski definition) is 1. The highest BCUT2D eigenvalue weighted by molar-refractivity contribution is 5.91. The molecule has 11 heteroatoms. The number of fused-ring (bicyclic) bond motifs is 1. The van der Waals surface area contributed by atoms with Crippen molar-refractivity contribution in [3.05, 3.63) is 71.8 Å². The maximum Gasteiger partial charge on any atom is 0.390 e. The molecule has 194 valence electrons. The van der Waals surface area contributed by atoms with Gasteiger partial charge in [-0.1, -0.05) is 6.07 Å². The summed E-state index contributed by atoms with van der Waals surface area (Å²) in [6, 6.07) is 10.7. The first-order valence-corrected chi connectivity index (χ1v) is 11.1. The van der Waals surface area contributed by atoms with Crippen LogP contribution in [0.25, 0.3) is 16.9 Å². The van der Waals surface area contributed by atoms with E-state index in [1.54, 1.807) is 41.9 Å². The van der Waals surface area contributed by atoms with E-state index >= 15 is 0 Å². The quantitative estimate of drug-likeness (QED) is 0.215. The number of methoxy groups -OCH3 is 2. The third kappa shape index (κ3) is 5.76. The molecule has 0 aliphatic heterocycles. The van der Waals surface area contributed by atoms with Gasteiger partial charge >= 0.3 is 12.1 Å². The summed E-state index contributed by atoms with van der Waals surface area (Å²) in [5.41, 5.74) is 3.03. The fourth-order valence-corrected chi connectivity index (χ4v) is 3.81. The van der Waals surface area contributed by atoms with Crippen LogP contribution in [0, 0.1) is 12.7 Å². The molecule has 0 atom stereocenters. The Morgan fingerprint density at radius 2 is 1.86 bits per heavy atom. The lowest BCUT2D eigenvalue weighted by atomic mass is 10.0. The van der Waals surface area contributed by atoms with E-state index in [-0.39, 0.29) is 23.8 Å². The van der Waals surface area contributed by atoms with Crippen molar-refractivity contribution in [1.82, 2.24) is 9.38 Å². The van der Waals surface area contributed by atoms with Gasteiger partial charge in [-0.25, -0.2) is 14.2 Å². The first kappa shape index (κ1) is 25.8. The fraction of sp³-hybridized carbons (Fsp3) is 0.231. The Labute approximate surface area is 209 Å². The molecule has 0 saturated carbocycles. The minimum Gasteiger partial charge on any atom is -0.494 e. The minimum absolute atomic E-state index is 0.0416. The highest BCUT2D eigenvalue weighted by Crippen LogP contribution is 2.33. The number of hydrogen-bond acceptors (Lipinski definition) is 6. The molecule has 0 radical (unpaired) electrons. The number of aryl methyl sites for hydroxylation is 1. The molecule has 7 nitrogen and oxygen atoms in total. The van der Waals surface area contributed by atoms with Gasteiger partial charge in [-0.3, -0.25) is 4.40 Å². The van der Waals surface area contributed by atoms with Gasteiger partial charge in [0, 0.05) is 24.2 Å². The molecule has 0 fully saturated rings. The molecule has 0 aliphatic carbocycles. The van der Waals surface area contributed by atoms with Crippen LogP contribution in [0.5, 0.6) is 17.2 Å². The van der Waals surface area contributed by atoms with Gasteiger partial charge in [-0.05, 0) is 36.8 Å². The molecule has 2 aromatic heterocycles. The third-order valence-corrected chi connectivity index (χ3v) is 5.59. The molecule has 0 saturated heterocycles. The largest absolute Gasteiger partial charge is 0.494 e. The number of ether oxygens (including phenoxy) is 3. The topological polar surface area (TPSA) is 74.1 Å². The highest BCUT2D eigenvalue weighted by atomic mass is 19.4. The Morgan fingerprint density at radius 3 is 2.51 bits per heavy atom. The smallest absolute Gasteiger partial charge is 0.390 e. The summed E-state index contributed by atoms with van der Waals surface area (Å²) in [5, 5.41) is 2.77. The summed E-state index contributed by atoms with van der Waals surface area (Å²) in [6.07, 6.45) is -2.22. The number of pyridine rings is 1. The average molecular weight is 517 g/mol. The molecule has 37 heavy (non-hydrogen) atoms. The predicted octanol–water partition coefficient (Wildman–Crippen LogP) is 6.40. The van der Waals surface area contributed by atoms with E-state index in [1.165, 1.54) is 32.4 Å². The van der Waals surface area contributed by atoms with Crippen LogP contribution in [0.1, 0.15) is 22.3 Å². The van der Waals surface area contributed by atoms with Gasteiger partial charge in [-0.15, -0.1) is 0 Å². The summed E-state index contributed by atoms with van der Waals surface area (Å²) in [4.78, 5) is 16.4.